The van der Waals surface area contributed by atoms with E-state index in [-0.39, 0.29) is 6.29 Å². The monoisotopic (exact) mass is 159 g/mol. The normalized spacial score (nSPS) is 11.5. The van der Waals surface area contributed by atoms with Crippen molar-refractivity contribution in [3.8, 4) is 0 Å². The lowest BCUT2D eigenvalue weighted by Crippen LogP contribution is -2.47. The summed E-state index contributed by atoms with van der Waals surface area (Å²) in [5.41, 5.74) is 4.96. The summed E-state index contributed by atoms with van der Waals surface area (Å²) < 4.78 is 0. The molecule has 0 heterocycles. The maximum atomic E-state index is 10.6. The molecule has 0 rings (SSSR count). The number of urea groups is 1. The molecule has 0 spiro atoms. The molecule has 62 valence electrons. The number of hydrogen-bond donors (Lipinski definition) is 3. The van der Waals surface area contributed by atoms with Gasteiger partial charge in [0.2, 0.25) is 0 Å². The van der Waals surface area contributed by atoms with Crippen molar-refractivity contribution in [1.29, 1.82) is 0 Å². The van der Waals surface area contributed by atoms with E-state index in [0.717, 1.165) is 0 Å². The van der Waals surface area contributed by atoms with Crippen LogP contribution in [0.5, 0.6) is 0 Å². The largest absolute Gasteiger partial charge is 0.341 e. The van der Waals surface area contributed by atoms with Gasteiger partial charge in [-0.15, -0.1) is 0 Å². The summed E-state index contributed by atoms with van der Waals surface area (Å²) in [5, 5.41) is 3.97. The average Bonchev–Trinajstić information content (AvgIpc) is 2.02. The van der Waals surface area contributed by atoms with E-state index in [1.54, 1.807) is 0 Å². The summed E-state index contributed by atoms with van der Waals surface area (Å²) >= 11 is 0. The number of rotatable bonds is 2. The average molecular weight is 159 g/mol. The third-order valence-electron chi connectivity index (χ3n) is 0.913. The highest BCUT2D eigenvalue weighted by Gasteiger charge is 2.13. The van der Waals surface area contributed by atoms with Gasteiger partial charge in [-0.2, -0.15) is 0 Å². The van der Waals surface area contributed by atoms with E-state index in [4.69, 9.17) is 5.73 Å². The van der Waals surface area contributed by atoms with Crippen molar-refractivity contribution in [2.75, 3.05) is 7.05 Å². The Morgan fingerprint density at radius 2 is 2.09 bits per heavy atom. The zero-order valence-electron chi connectivity index (χ0n) is 5.96. The first-order valence-electron chi connectivity index (χ1n) is 2.85. The second-order valence-electron chi connectivity index (χ2n) is 1.73. The number of hydrogen-bond acceptors (Lipinski definition) is 4. The SMILES string of the molecule is CNC(=O)NC(=O)C(N)C=O. The molecule has 0 aromatic heterocycles. The molecular formula is C5H9N3O3. The summed E-state index contributed by atoms with van der Waals surface area (Å²) in [7, 11) is 1.34. The molecule has 0 bridgehead atoms. The molecule has 0 aromatic rings. The van der Waals surface area contributed by atoms with Crippen LogP contribution in [-0.4, -0.2) is 31.3 Å². The van der Waals surface area contributed by atoms with Crippen molar-refractivity contribution in [3.05, 3.63) is 0 Å². The number of imide groups is 1. The van der Waals surface area contributed by atoms with Crippen LogP contribution >= 0.6 is 0 Å². The molecule has 0 aliphatic carbocycles. The van der Waals surface area contributed by atoms with E-state index in [2.05, 4.69) is 5.32 Å². The van der Waals surface area contributed by atoms with E-state index >= 15 is 0 Å². The fraction of sp³-hybridized carbons (Fsp3) is 0.400. The van der Waals surface area contributed by atoms with E-state index in [1.165, 1.54) is 7.05 Å². The number of aldehydes is 1. The van der Waals surface area contributed by atoms with Crippen LogP contribution in [0.2, 0.25) is 0 Å². The first-order valence-corrected chi connectivity index (χ1v) is 2.85. The standard InChI is InChI=1S/C5H9N3O3/c1-7-5(11)8-4(10)3(6)2-9/h2-3H,6H2,1H3,(H2,7,8,10,11). The van der Waals surface area contributed by atoms with Crippen LogP contribution < -0.4 is 16.4 Å². The lowest BCUT2D eigenvalue weighted by Gasteiger charge is -2.03. The Bertz CT molecular complexity index is 180. The van der Waals surface area contributed by atoms with Gasteiger partial charge in [0, 0.05) is 7.05 Å². The van der Waals surface area contributed by atoms with Gasteiger partial charge < -0.3 is 15.8 Å². The highest BCUT2D eigenvalue weighted by atomic mass is 16.2. The number of carbonyl (C=O) groups is 3. The highest BCUT2D eigenvalue weighted by Crippen LogP contribution is 1.71. The van der Waals surface area contributed by atoms with Gasteiger partial charge in [0.25, 0.3) is 5.91 Å². The van der Waals surface area contributed by atoms with Crippen molar-refractivity contribution in [3.63, 3.8) is 0 Å². The quantitative estimate of drug-likeness (QED) is 0.319. The number of carbonyl (C=O) groups excluding carboxylic acids is 3. The Labute approximate surface area is 63.1 Å². The summed E-state index contributed by atoms with van der Waals surface area (Å²) in [6.07, 6.45) is 0.248. The number of nitrogens with one attached hydrogen (secondary N) is 2. The lowest BCUT2D eigenvalue weighted by molar-refractivity contribution is -0.124. The first-order chi connectivity index (χ1) is 5.11. The Balaban J connectivity index is 3.87. The molecule has 0 aliphatic heterocycles. The summed E-state index contributed by atoms with van der Waals surface area (Å²) in [6.45, 7) is 0. The molecule has 6 nitrogen and oxygen atoms in total. The Morgan fingerprint density at radius 1 is 1.55 bits per heavy atom. The van der Waals surface area contributed by atoms with Gasteiger partial charge in [0.05, 0.1) is 0 Å². The summed E-state index contributed by atoms with van der Waals surface area (Å²) in [5.74, 6) is -0.820. The highest BCUT2D eigenvalue weighted by molar-refractivity contribution is 6.03. The number of amides is 3. The minimum Gasteiger partial charge on any atom is -0.341 e. The Kier molecular flexibility index (Phi) is 3.82. The van der Waals surface area contributed by atoms with E-state index in [9.17, 15) is 14.4 Å². The van der Waals surface area contributed by atoms with Crippen LogP contribution in [0.15, 0.2) is 0 Å². The predicted molar refractivity (Wildman–Crippen MR) is 36.6 cm³/mol. The molecule has 0 saturated carbocycles. The Morgan fingerprint density at radius 3 is 2.45 bits per heavy atom. The van der Waals surface area contributed by atoms with E-state index in [0.29, 0.717) is 0 Å². The second-order valence-corrected chi connectivity index (χ2v) is 1.73. The molecule has 11 heavy (non-hydrogen) atoms. The van der Waals surface area contributed by atoms with Gasteiger partial charge in [-0.25, -0.2) is 4.79 Å². The topological polar surface area (TPSA) is 101 Å². The van der Waals surface area contributed by atoms with Gasteiger partial charge in [0.15, 0.2) is 0 Å². The minimum absolute atomic E-state index is 0.248. The fourth-order valence-electron chi connectivity index (χ4n) is 0.320. The molecule has 0 radical (unpaired) electrons. The van der Waals surface area contributed by atoms with Crippen LogP contribution in [0.1, 0.15) is 0 Å². The van der Waals surface area contributed by atoms with Crippen LogP contribution in [-0.2, 0) is 9.59 Å². The Hall–Kier alpha value is -1.43. The number of nitrogens with two attached hydrogens (primary N) is 1. The van der Waals surface area contributed by atoms with Crippen LogP contribution in [0.4, 0.5) is 4.79 Å². The molecule has 1 atom stereocenters. The van der Waals surface area contributed by atoms with Gasteiger partial charge in [-0.3, -0.25) is 10.1 Å². The molecule has 0 aromatic carbocycles. The molecule has 1 unspecified atom stereocenters. The molecule has 0 aliphatic rings. The molecule has 4 N–H and O–H groups in total. The fourth-order valence-corrected chi connectivity index (χ4v) is 0.320. The predicted octanol–water partition coefficient (Wildman–Crippen LogP) is -2.03. The van der Waals surface area contributed by atoms with Crippen molar-refractivity contribution in [2.24, 2.45) is 5.73 Å². The lowest BCUT2D eigenvalue weighted by atomic mass is 10.3. The molecular weight excluding hydrogens is 150 g/mol. The van der Waals surface area contributed by atoms with Crippen LogP contribution in [0, 0.1) is 0 Å². The second kappa shape index (κ2) is 4.40. The smallest absolute Gasteiger partial charge is 0.321 e. The van der Waals surface area contributed by atoms with Gasteiger partial charge in [-0.1, -0.05) is 0 Å². The molecule has 6 heteroatoms. The van der Waals surface area contributed by atoms with E-state index < -0.39 is 18.0 Å². The zero-order valence-corrected chi connectivity index (χ0v) is 5.96. The van der Waals surface area contributed by atoms with E-state index in [1.807, 2.05) is 5.32 Å². The molecule has 0 fully saturated rings. The van der Waals surface area contributed by atoms with Crippen molar-refractivity contribution < 1.29 is 14.4 Å². The zero-order chi connectivity index (χ0) is 8.85. The molecule has 0 saturated heterocycles. The van der Waals surface area contributed by atoms with Gasteiger partial charge in [-0.05, 0) is 0 Å². The van der Waals surface area contributed by atoms with Gasteiger partial charge in [0.1, 0.15) is 12.3 Å². The third-order valence-corrected chi connectivity index (χ3v) is 0.913. The molecule has 3 amide bonds. The van der Waals surface area contributed by atoms with Gasteiger partial charge >= 0.3 is 6.03 Å². The summed E-state index contributed by atoms with van der Waals surface area (Å²) in [4.78, 5) is 30.9. The van der Waals surface area contributed by atoms with Crippen molar-refractivity contribution in [2.45, 2.75) is 6.04 Å². The third kappa shape index (κ3) is 3.31. The van der Waals surface area contributed by atoms with Crippen molar-refractivity contribution in [1.82, 2.24) is 10.6 Å². The van der Waals surface area contributed by atoms with Crippen LogP contribution in [0.25, 0.3) is 0 Å². The van der Waals surface area contributed by atoms with Crippen LogP contribution in [0.3, 0.4) is 0 Å². The summed E-state index contributed by atoms with van der Waals surface area (Å²) in [6, 6.07) is -1.97. The maximum absolute atomic E-state index is 10.6. The maximum Gasteiger partial charge on any atom is 0.321 e. The first kappa shape index (κ1) is 9.57. The minimum atomic E-state index is -1.28. The van der Waals surface area contributed by atoms with Crippen molar-refractivity contribution >= 4 is 18.2 Å².